The highest BCUT2D eigenvalue weighted by Crippen LogP contribution is 2.28. The fraction of sp³-hybridized carbons (Fsp3) is 0.571. The van der Waals surface area contributed by atoms with E-state index in [0.717, 1.165) is 18.5 Å². The molecule has 0 radical (unpaired) electrons. The first-order valence-corrected chi connectivity index (χ1v) is 8.52. The van der Waals surface area contributed by atoms with Gasteiger partial charge in [-0.2, -0.15) is 0 Å². The summed E-state index contributed by atoms with van der Waals surface area (Å²) >= 11 is 0. The summed E-state index contributed by atoms with van der Waals surface area (Å²) in [6.07, 6.45) is 0.916. The second-order valence-corrected chi connectivity index (χ2v) is 7.39. The summed E-state index contributed by atoms with van der Waals surface area (Å²) in [6, 6.07) is 8.00. The number of fused-ring (bicyclic) bond motifs is 1. The maximum Gasteiger partial charge on any atom is 0.151 e. The Morgan fingerprint density at radius 2 is 2.11 bits per heavy atom. The van der Waals surface area contributed by atoms with Gasteiger partial charge in [0.1, 0.15) is 0 Å². The van der Waals surface area contributed by atoms with Crippen LogP contribution in [0.4, 0.5) is 0 Å². The molecule has 0 saturated carbocycles. The van der Waals surface area contributed by atoms with E-state index in [9.17, 15) is 13.5 Å². The van der Waals surface area contributed by atoms with Crippen LogP contribution in [0.5, 0.6) is 0 Å². The summed E-state index contributed by atoms with van der Waals surface area (Å²) in [5, 5.41) is 9.60. The van der Waals surface area contributed by atoms with Crippen LogP contribution in [0, 0.1) is 0 Å². The van der Waals surface area contributed by atoms with Crippen molar-refractivity contribution in [3.05, 3.63) is 35.4 Å². The second kappa shape index (κ2) is 6.03. The lowest BCUT2D eigenvalue weighted by Crippen LogP contribution is -2.40. The molecule has 0 aliphatic carbocycles. The predicted molar refractivity (Wildman–Crippen MR) is 75.9 cm³/mol. The normalized spacial score (nSPS) is 20.2. The van der Waals surface area contributed by atoms with Crippen molar-refractivity contribution in [3.63, 3.8) is 0 Å². The smallest absolute Gasteiger partial charge is 0.151 e. The molecule has 1 aliphatic rings. The zero-order valence-corrected chi connectivity index (χ0v) is 12.1. The number of aliphatic hydroxyl groups is 1. The van der Waals surface area contributed by atoms with Crippen molar-refractivity contribution >= 4 is 9.84 Å². The number of benzene rings is 1. The average Bonchev–Trinajstić information content (AvgIpc) is 2.44. The van der Waals surface area contributed by atoms with E-state index in [1.807, 2.05) is 18.2 Å². The summed E-state index contributed by atoms with van der Waals surface area (Å²) in [6.45, 7) is 3.00. The molecule has 0 saturated heterocycles. The molecule has 0 spiro atoms. The van der Waals surface area contributed by atoms with Gasteiger partial charge in [-0.05, 0) is 17.5 Å². The molecule has 1 unspecified atom stereocenters. The van der Waals surface area contributed by atoms with Crippen LogP contribution in [-0.4, -0.2) is 49.6 Å². The van der Waals surface area contributed by atoms with Gasteiger partial charge >= 0.3 is 0 Å². The van der Waals surface area contributed by atoms with Gasteiger partial charge in [0.25, 0.3) is 0 Å². The first-order chi connectivity index (χ1) is 9.07. The topological polar surface area (TPSA) is 57.6 Å². The maximum atomic E-state index is 11.6. The van der Waals surface area contributed by atoms with E-state index in [0.29, 0.717) is 6.54 Å². The molecule has 0 aromatic heterocycles. The number of hydrogen-bond acceptors (Lipinski definition) is 4. The van der Waals surface area contributed by atoms with Crippen molar-refractivity contribution < 1.29 is 13.5 Å². The number of rotatable bonds is 5. The SMILES string of the molecule is CCS(=O)(=O)CCN1CCc2ccccc2C1CO. The molecular formula is C14H21NO3S. The Morgan fingerprint density at radius 1 is 1.37 bits per heavy atom. The molecule has 1 heterocycles. The maximum absolute atomic E-state index is 11.6. The van der Waals surface area contributed by atoms with Gasteiger partial charge in [0, 0.05) is 18.8 Å². The van der Waals surface area contributed by atoms with Gasteiger partial charge in [-0.3, -0.25) is 4.90 Å². The van der Waals surface area contributed by atoms with Gasteiger partial charge in [-0.1, -0.05) is 31.2 Å². The molecule has 0 fully saturated rings. The summed E-state index contributed by atoms with van der Waals surface area (Å²) in [5.74, 6) is 0.351. The van der Waals surface area contributed by atoms with E-state index in [4.69, 9.17) is 0 Å². The van der Waals surface area contributed by atoms with Gasteiger partial charge in [-0.25, -0.2) is 8.42 Å². The molecular weight excluding hydrogens is 262 g/mol. The first-order valence-electron chi connectivity index (χ1n) is 6.70. The molecule has 5 heteroatoms. The van der Waals surface area contributed by atoms with Gasteiger partial charge in [0.2, 0.25) is 0 Å². The number of nitrogens with zero attached hydrogens (tertiary/aromatic N) is 1. The van der Waals surface area contributed by atoms with E-state index in [1.54, 1.807) is 6.92 Å². The third-order valence-corrected chi connectivity index (χ3v) is 5.51. The summed E-state index contributed by atoms with van der Waals surface area (Å²) in [5.41, 5.74) is 2.39. The molecule has 2 rings (SSSR count). The van der Waals surface area contributed by atoms with Crippen molar-refractivity contribution in [3.8, 4) is 0 Å². The molecule has 19 heavy (non-hydrogen) atoms. The van der Waals surface area contributed by atoms with Gasteiger partial charge in [-0.15, -0.1) is 0 Å². The fourth-order valence-corrected chi connectivity index (χ4v) is 3.39. The molecule has 1 aromatic carbocycles. The average molecular weight is 283 g/mol. The largest absolute Gasteiger partial charge is 0.394 e. The number of hydrogen-bond donors (Lipinski definition) is 1. The quantitative estimate of drug-likeness (QED) is 0.876. The highest BCUT2D eigenvalue weighted by molar-refractivity contribution is 7.91. The van der Waals surface area contributed by atoms with Crippen LogP contribution in [0.15, 0.2) is 24.3 Å². The minimum absolute atomic E-state index is 0.0309. The number of aliphatic hydroxyl groups excluding tert-OH is 1. The molecule has 1 aliphatic heterocycles. The van der Waals surface area contributed by atoms with Gasteiger partial charge < -0.3 is 5.11 Å². The van der Waals surface area contributed by atoms with E-state index in [1.165, 1.54) is 5.56 Å². The molecule has 1 N–H and O–H groups in total. The van der Waals surface area contributed by atoms with Crippen LogP contribution >= 0.6 is 0 Å². The highest BCUT2D eigenvalue weighted by atomic mass is 32.2. The van der Waals surface area contributed by atoms with Crippen LogP contribution in [0.3, 0.4) is 0 Å². The zero-order valence-electron chi connectivity index (χ0n) is 11.2. The van der Waals surface area contributed by atoms with Crippen molar-refractivity contribution in [2.24, 2.45) is 0 Å². The Bertz CT molecular complexity index is 527. The summed E-state index contributed by atoms with van der Waals surface area (Å²) < 4.78 is 23.2. The van der Waals surface area contributed by atoms with Crippen LogP contribution in [0.2, 0.25) is 0 Å². The van der Waals surface area contributed by atoms with E-state index < -0.39 is 9.84 Å². The lowest BCUT2D eigenvalue weighted by atomic mass is 9.93. The number of sulfone groups is 1. The Morgan fingerprint density at radius 3 is 2.79 bits per heavy atom. The molecule has 1 atom stereocenters. The van der Waals surface area contributed by atoms with Crippen molar-refractivity contribution in [2.45, 2.75) is 19.4 Å². The predicted octanol–water partition coefficient (Wildman–Crippen LogP) is 1.01. The Kier molecular flexibility index (Phi) is 4.60. The molecule has 4 nitrogen and oxygen atoms in total. The third-order valence-electron chi connectivity index (χ3n) is 3.83. The summed E-state index contributed by atoms with van der Waals surface area (Å²) in [7, 11) is -2.95. The first kappa shape index (κ1) is 14.5. The van der Waals surface area contributed by atoms with Crippen LogP contribution in [0.25, 0.3) is 0 Å². The summed E-state index contributed by atoms with van der Waals surface area (Å²) in [4.78, 5) is 2.08. The lowest BCUT2D eigenvalue weighted by molar-refractivity contribution is 0.120. The van der Waals surface area contributed by atoms with Crippen molar-refractivity contribution in [2.75, 3.05) is 31.2 Å². The lowest BCUT2D eigenvalue weighted by Gasteiger charge is -2.36. The molecule has 0 amide bonds. The van der Waals surface area contributed by atoms with E-state index in [2.05, 4.69) is 11.0 Å². The minimum Gasteiger partial charge on any atom is -0.394 e. The zero-order chi connectivity index (χ0) is 13.9. The highest BCUT2D eigenvalue weighted by Gasteiger charge is 2.27. The van der Waals surface area contributed by atoms with Crippen LogP contribution in [0.1, 0.15) is 24.1 Å². The standard InChI is InChI=1S/C14H21NO3S/c1-2-19(17,18)10-9-15-8-7-12-5-3-4-6-13(12)14(15)11-16/h3-6,14,16H,2,7-11H2,1H3. The molecule has 0 bridgehead atoms. The van der Waals surface area contributed by atoms with Gasteiger partial charge in [0.05, 0.1) is 18.4 Å². The van der Waals surface area contributed by atoms with Crippen LogP contribution in [-0.2, 0) is 16.3 Å². The van der Waals surface area contributed by atoms with Crippen molar-refractivity contribution in [1.82, 2.24) is 4.90 Å². The fourth-order valence-electron chi connectivity index (χ4n) is 2.59. The molecule has 106 valence electrons. The minimum atomic E-state index is -2.95. The van der Waals surface area contributed by atoms with Crippen LogP contribution < -0.4 is 0 Å². The van der Waals surface area contributed by atoms with E-state index >= 15 is 0 Å². The monoisotopic (exact) mass is 283 g/mol. The Balaban J connectivity index is 2.12. The Hall–Kier alpha value is -0.910. The van der Waals surface area contributed by atoms with Gasteiger partial charge in [0.15, 0.2) is 9.84 Å². The Labute approximate surface area is 115 Å². The third kappa shape index (κ3) is 3.35. The second-order valence-electron chi connectivity index (χ2n) is 4.92. The molecule has 1 aromatic rings. The van der Waals surface area contributed by atoms with Crippen molar-refractivity contribution in [1.29, 1.82) is 0 Å². The van der Waals surface area contributed by atoms with E-state index in [-0.39, 0.29) is 24.2 Å².